The van der Waals surface area contributed by atoms with Crippen molar-refractivity contribution in [2.75, 3.05) is 62.8 Å². The first-order valence-electron chi connectivity index (χ1n) is 12.7. The Hall–Kier alpha value is -3.87. The first-order chi connectivity index (χ1) is 18.4. The van der Waals surface area contributed by atoms with Gasteiger partial charge < -0.3 is 25.2 Å². The van der Waals surface area contributed by atoms with Gasteiger partial charge in [0.15, 0.2) is 5.82 Å². The van der Waals surface area contributed by atoms with Crippen molar-refractivity contribution in [3.8, 4) is 5.95 Å². The summed E-state index contributed by atoms with van der Waals surface area (Å²) >= 11 is 0. The summed E-state index contributed by atoms with van der Waals surface area (Å²) in [6.45, 7) is 3.36. The summed E-state index contributed by atoms with van der Waals surface area (Å²) in [6.07, 6.45) is -1.67. The highest BCUT2D eigenvalue weighted by Gasteiger charge is 2.28. The van der Waals surface area contributed by atoms with E-state index in [1.165, 1.54) is 11.6 Å². The molecule has 0 aliphatic carbocycles. The zero-order valence-corrected chi connectivity index (χ0v) is 21.1. The Morgan fingerprint density at radius 3 is 2.34 bits per heavy atom. The van der Waals surface area contributed by atoms with Crippen LogP contribution in [0.4, 0.5) is 20.4 Å². The highest BCUT2D eigenvalue weighted by molar-refractivity contribution is 5.85. The third-order valence-corrected chi connectivity index (χ3v) is 6.90. The Kier molecular flexibility index (Phi) is 7.63. The number of nitrogens with one attached hydrogen (secondary N) is 2. The molecule has 2 aliphatic heterocycles. The Balaban J connectivity index is 1.45. The number of halogens is 2. The van der Waals surface area contributed by atoms with Gasteiger partial charge in [-0.2, -0.15) is 9.97 Å². The van der Waals surface area contributed by atoms with Crippen LogP contribution in [0.1, 0.15) is 25.1 Å². The average molecular weight is 529 g/mol. The van der Waals surface area contributed by atoms with Crippen molar-refractivity contribution < 1.29 is 23.1 Å². The van der Waals surface area contributed by atoms with Gasteiger partial charge in [0, 0.05) is 45.2 Å². The molecule has 0 atom stereocenters. The van der Waals surface area contributed by atoms with Gasteiger partial charge in [0.25, 0.3) is 6.43 Å². The van der Waals surface area contributed by atoms with E-state index in [1.54, 1.807) is 24.3 Å². The number of fused-ring (bicyclic) bond motifs is 1. The van der Waals surface area contributed by atoms with Crippen LogP contribution in [0, 0.1) is 5.92 Å². The van der Waals surface area contributed by atoms with E-state index in [4.69, 9.17) is 14.7 Å². The number of alkyl halides is 2. The van der Waals surface area contributed by atoms with Gasteiger partial charge in [0.2, 0.25) is 17.8 Å². The molecule has 0 unspecified atom stereocenters. The lowest BCUT2D eigenvalue weighted by Gasteiger charge is -2.33. The highest BCUT2D eigenvalue weighted by Crippen LogP contribution is 2.30. The second-order valence-electron chi connectivity index (χ2n) is 9.23. The lowest BCUT2D eigenvalue weighted by molar-refractivity contribution is -0.128. The van der Waals surface area contributed by atoms with E-state index in [9.17, 15) is 18.4 Å². The van der Waals surface area contributed by atoms with Crippen LogP contribution >= 0.6 is 0 Å². The summed E-state index contributed by atoms with van der Waals surface area (Å²) < 4.78 is 35.0. The van der Waals surface area contributed by atoms with Gasteiger partial charge in [-0.15, -0.1) is 0 Å². The molecule has 0 radical (unpaired) electrons. The van der Waals surface area contributed by atoms with E-state index in [-0.39, 0.29) is 30.2 Å². The number of nitrogens with zero attached hydrogens (tertiary/aromatic N) is 6. The van der Waals surface area contributed by atoms with Crippen LogP contribution in [0.15, 0.2) is 30.3 Å². The van der Waals surface area contributed by atoms with Crippen LogP contribution < -0.4 is 20.4 Å². The minimum Gasteiger partial charge on any atom is -0.378 e. The first kappa shape index (κ1) is 25.8. The third-order valence-electron chi connectivity index (χ3n) is 6.90. The quantitative estimate of drug-likeness (QED) is 0.476. The van der Waals surface area contributed by atoms with E-state index in [2.05, 4.69) is 20.5 Å². The zero-order chi connectivity index (χ0) is 26.6. The Labute approximate surface area is 218 Å². The van der Waals surface area contributed by atoms with Gasteiger partial charge in [-0.1, -0.05) is 12.1 Å². The van der Waals surface area contributed by atoms with Crippen molar-refractivity contribution in [1.29, 1.82) is 0 Å². The predicted molar refractivity (Wildman–Crippen MR) is 137 cm³/mol. The standard InChI is InChI=1S/C25H30F2N8O3/c1-28-21(36)15-29-24(37)16-6-8-33(9-7-16)19-14-20(34-10-12-38-13-11-34)32-25(31-19)35-18-5-3-2-4-17(18)30-23(35)22(26)27/h2-5,14,16,22H,6-13,15H2,1H3,(H,28,36)(H,29,37). The number of benzene rings is 1. The molecular formula is C25H30F2N8O3. The minimum absolute atomic E-state index is 0.0565. The van der Waals surface area contributed by atoms with Crippen molar-refractivity contribution in [3.05, 3.63) is 36.2 Å². The smallest absolute Gasteiger partial charge is 0.296 e. The van der Waals surface area contributed by atoms with E-state index in [1.807, 2.05) is 11.0 Å². The van der Waals surface area contributed by atoms with Gasteiger partial charge in [-0.05, 0) is 25.0 Å². The number of hydrogen-bond donors (Lipinski definition) is 2. The lowest BCUT2D eigenvalue weighted by Crippen LogP contribution is -2.43. The van der Waals surface area contributed by atoms with Gasteiger partial charge in [0.1, 0.15) is 11.6 Å². The predicted octanol–water partition coefficient (Wildman–Crippen LogP) is 1.67. The number of rotatable bonds is 7. The molecule has 38 heavy (non-hydrogen) atoms. The average Bonchev–Trinajstić information content (AvgIpc) is 3.36. The zero-order valence-electron chi connectivity index (χ0n) is 21.1. The molecule has 202 valence electrons. The Morgan fingerprint density at radius 2 is 1.68 bits per heavy atom. The molecule has 5 rings (SSSR count). The molecular weight excluding hydrogens is 498 g/mol. The Bertz CT molecular complexity index is 1300. The number of aromatic nitrogens is 4. The summed E-state index contributed by atoms with van der Waals surface area (Å²) in [6, 6.07) is 8.79. The first-order valence-corrected chi connectivity index (χ1v) is 12.7. The molecule has 0 saturated carbocycles. The van der Waals surface area contributed by atoms with Crippen molar-refractivity contribution in [3.63, 3.8) is 0 Å². The van der Waals surface area contributed by atoms with E-state index in [0.717, 1.165) is 0 Å². The number of morpholine rings is 1. The topological polar surface area (TPSA) is 118 Å². The molecule has 13 heteroatoms. The molecule has 4 heterocycles. The number of likely N-dealkylation sites (N-methyl/N-ethyl adjacent to an activating group) is 1. The fourth-order valence-electron chi connectivity index (χ4n) is 4.80. The van der Waals surface area contributed by atoms with Crippen LogP contribution in [0.3, 0.4) is 0 Å². The number of carbonyl (C=O) groups is 2. The number of carbonyl (C=O) groups excluding carboxylic acids is 2. The van der Waals surface area contributed by atoms with E-state index >= 15 is 0 Å². The summed E-state index contributed by atoms with van der Waals surface area (Å²) in [5, 5.41) is 5.16. The van der Waals surface area contributed by atoms with Crippen LogP contribution in [0.25, 0.3) is 17.0 Å². The number of amides is 2. The summed E-state index contributed by atoms with van der Waals surface area (Å²) in [4.78, 5) is 41.7. The van der Waals surface area contributed by atoms with Crippen LogP contribution in [-0.2, 0) is 14.3 Å². The fourth-order valence-corrected chi connectivity index (χ4v) is 4.80. The van der Waals surface area contributed by atoms with Crippen LogP contribution in [0.5, 0.6) is 0 Å². The van der Waals surface area contributed by atoms with Crippen molar-refractivity contribution >= 4 is 34.5 Å². The summed E-state index contributed by atoms with van der Waals surface area (Å²) in [5.41, 5.74) is 0.938. The van der Waals surface area contributed by atoms with E-state index < -0.39 is 12.2 Å². The number of piperidine rings is 1. The molecule has 2 aliphatic rings. The number of anilines is 2. The molecule has 2 saturated heterocycles. The maximum Gasteiger partial charge on any atom is 0.296 e. The Morgan fingerprint density at radius 1 is 1.03 bits per heavy atom. The number of hydrogen-bond acceptors (Lipinski definition) is 8. The van der Waals surface area contributed by atoms with E-state index in [0.29, 0.717) is 74.9 Å². The molecule has 2 fully saturated rings. The van der Waals surface area contributed by atoms with Crippen LogP contribution in [-0.4, -0.2) is 84.3 Å². The molecule has 11 nitrogen and oxygen atoms in total. The maximum atomic E-state index is 14.1. The van der Waals surface area contributed by atoms with Crippen molar-refractivity contribution in [1.82, 2.24) is 30.2 Å². The van der Waals surface area contributed by atoms with Crippen molar-refractivity contribution in [2.45, 2.75) is 19.3 Å². The molecule has 1 aromatic carbocycles. The maximum absolute atomic E-state index is 14.1. The fraction of sp³-hybridized carbons (Fsp3) is 0.480. The summed E-state index contributed by atoms with van der Waals surface area (Å²) in [7, 11) is 1.52. The second kappa shape index (κ2) is 11.3. The lowest BCUT2D eigenvalue weighted by atomic mass is 9.96. The molecule has 3 aromatic rings. The molecule has 0 bridgehead atoms. The number of para-hydroxylation sites is 2. The molecule has 0 spiro atoms. The van der Waals surface area contributed by atoms with Gasteiger partial charge in [-0.3, -0.25) is 14.2 Å². The van der Waals surface area contributed by atoms with Crippen LogP contribution in [0.2, 0.25) is 0 Å². The monoisotopic (exact) mass is 528 g/mol. The third kappa shape index (κ3) is 5.37. The summed E-state index contributed by atoms with van der Waals surface area (Å²) in [5.74, 6) is 0.294. The largest absolute Gasteiger partial charge is 0.378 e. The number of imidazole rings is 1. The van der Waals surface area contributed by atoms with Crippen molar-refractivity contribution in [2.24, 2.45) is 5.92 Å². The molecule has 2 N–H and O–H groups in total. The molecule has 2 amide bonds. The minimum atomic E-state index is -2.81. The molecule has 2 aromatic heterocycles. The van der Waals surface area contributed by atoms with Gasteiger partial charge >= 0.3 is 0 Å². The highest BCUT2D eigenvalue weighted by atomic mass is 19.3. The second-order valence-corrected chi connectivity index (χ2v) is 9.23. The van der Waals surface area contributed by atoms with Gasteiger partial charge in [0.05, 0.1) is 30.8 Å². The number of ether oxygens (including phenoxy) is 1. The SMILES string of the molecule is CNC(=O)CNC(=O)C1CCN(c2cc(N3CCOCC3)nc(-n3c(C(F)F)nc4ccccc43)n2)CC1. The normalized spacial score (nSPS) is 16.7. The van der Waals surface area contributed by atoms with Gasteiger partial charge in [-0.25, -0.2) is 13.8 Å².